The molecule has 0 saturated carbocycles. The highest BCUT2D eigenvalue weighted by Gasteiger charge is 2.11. The molecule has 0 aliphatic heterocycles. The van der Waals surface area contributed by atoms with E-state index in [1.165, 1.54) is 0 Å². The number of hydrogen-bond acceptors (Lipinski definition) is 5. The molecular formula is C20H20N4OS. The summed E-state index contributed by atoms with van der Waals surface area (Å²) in [6.07, 6.45) is 1.82. The van der Waals surface area contributed by atoms with Crippen LogP contribution in [-0.4, -0.2) is 20.6 Å². The molecule has 132 valence electrons. The van der Waals surface area contributed by atoms with Gasteiger partial charge >= 0.3 is 0 Å². The number of thiazole rings is 1. The molecule has 2 N–H and O–H groups in total. The van der Waals surface area contributed by atoms with E-state index >= 15 is 0 Å². The summed E-state index contributed by atoms with van der Waals surface area (Å²) in [5.74, 6) is 1.56. The van der Waals surface area contributed by atoms with Gasteiger partial charge in [0, 0.05) is 22.8 Å². The van der Waals surface area contributed by atoms with Gasteiger partial charge in [0.25, 0.3) is 0 Å². The molecule has 0 spiro atoms. The molecule has 4 rings (SSSR count). The van der Waals surface area contributed by atoms with Crippen LogP contribution in [-0.2, 0) is 0 Å². The van der Waals surface area contributed by atoms with Crippen molar-refractivity contribution in [3.63, 3.8) is 0 Å². The number of nitrogens with one attached hydrogen (secondary N) is 2. The standard InChI is InChI=1S/C20H20N4OS/c1-20(2,3)25-15-7-5-14(6-8-15)22-19-23-16-9-4-13(12-17(16)24-19)18-21-10-11-26-18/h4-12H,1-3H3,(H2,22,23,24). The lowest BCUT2D eigenvalue weighted by Crippen LogP contribution is -2.22. The van der Waals surface area contributed by atoms with Gasteiger partial charge in [0.05, 0.1) is 11.0 Å². The van der Waals surface area contributed by atoms with Crippen LogP contribution in [0.1, 0.15) is 20.8 Å². The third-order valence-electron chi connectivity index (χ3n) is 3.70. The summed E-state index contributed by atoms with van der Waals surface area (Å²) in [6, 6.07) is 14.0. The molecule has 0 aliphatic rings. The largest absolute Gasteiger partial charge is 0.488 e. The Balaban J connectivity index is 1.54. The molecule has 6 heteroatoms. The zero-order chi connectivity index (χ0) is 18.1. The molecular weight excluding hydrogens is 344 g/mol. The number of rotatable bonds is 4. The molecule has 4 aromatic rings. The fraction of sp³-hybridized carbons (Fsp3) is 0.200. The molecule has 0 unspecified atom stereocenters. The van der Waals surface area contributed by atoms with Crippen LogP contribution in [0, 0.1) is 0 Å². The zero-order valence-corrected chi connectivity index (χ0v) is 15.7. The number of imidazole rings is 1. The van der Waals surface area contributed by atoms with Gasteiger partial charge in [-0.05, 0) is 63.2 Å². The van der Waals surface area contributed by atoms with Crippen LogP contribution in [0.4, 0.5) is 11.6 Å². The summed E-state index contributed by atoms with van der Waals surface area (Å²) in [5.41, 5.74) is 3.73. The van der Waals surface area contributed by atoms with Crippen molar-refractivity contribution in [3.05, 3.63) is 54.0 Å². The van der Waals surface area contributed by atoms with Gasteiger partial charge in [-0.15, -0.1) is 11.3 Å². The van der Waals surface area contributed by atoms with Gasteiger partial charge in [-0.25, -0.2) is 9.97 Å². The number of fused-ring (bicyclic) bond motifs is 1. The molecule has 0 radical (unpaired) electrons. The fourth-order valence-corrected chi connectivity index (χ4v) is 3.30. The minimum atomic E-state index is -0.206. The van der Waals surface area contributed by atoms with Crippen LogP contribution in [0.5, 0.6) is 5.75 Å². The van der Waals surface area contributed by atoms with Crippen molar-refractivity contribution in [1.29, 1.82) is 0 Å². The average molecular weight is 364 g/mol. The SMILES string of the molecule is CC(C)(C)Oc1ccc(Nc2nc3ccc(-c4nccs4)cc3[nH]2)cc1. The van der Waals surface area contributed by atoms with Gasteiger partial charge in [-0.3, -0.25) is 0 Å². The Bertz CT molecular complexity index is 1010. The van der Waals surface area contributed by atoms with Gasteiger partial charge in [0.15, 0.2) is 0 Å². The number of nitrogens with zero attached hydrogens (tertiary/aromatic N) is 2. The Labute approximate surface area is 156 Å². The number of anilines is 2. The normalized spacial score (nSPS) is 11.7. The van der Waals surface area contributed by atoms with E-state index in [9.17, 15) is 0 Å². The second kappa shape index (κ2) is 6.46. The summed E-state index contributed by atoms with van der Waals surface area (Å²) < 4.78 is 5.85. The van der Waals surface area contributed by atoms with Crippen molar-refractivity contribution < 1.29 is 4.74 Å². The average Bonchev–Trinajstić information content (AvgIpc) is 3.23. The summed E-state index contributed by atoms with van der Waals surface area (Å²) in [6.45, 7) is 6.11. The first kappa shape index (κ1) is 16.6. The van der Waals surface area contributed by atoms with Crippen molar-refractivity contribution >= 4 is 34.0 Å². The maximum Gasteiger partial charge on any atom is 0.205 e. The third kappa shape index (κ3) is 3.70. The fourth-order valence-electron chi connectivity index (χ4n) is 2.66. The second-order valence-corrected chi connectivity index (χ2v) is 7.91. The first-order chi connectivity index (χ1) is 12.5. The predicted molar refractivity (Wildman–Crippen MR) is 107 cm³/mol. The van der Waals surface area contributed by atoms with Gasteiger partial charge < -0.3 is 15.0 Å². The number of hydrogen-bond donors (Lipinski definition) is 2. The van der Waals surface area contributed by atoms with Crippen molar-refractivity contribution in [2.75, 3.05) is 5.32 Å². The highest BCUT2D eigenvalue weighted by atomic mass is 32.1. The van der Waals surface area contributed by atoms with Crippen LogP contribution in [0.2, 0.25) is 0 Å². The summed E-state index contributed by atoms with van der Waals surface area (Å²) in [5, 5.41) is 6.29. The van der Waals surface area contributed by atoms with Gasteiger partial charge in [-0.1, -0.05) is 0 Å². The number of ether oxygens (including phenoxy) is 1. The van der Waals surface area contributed by atoms with E-state index in [1.54, 1.807) is 11.3 Å². The van der Waals surface area contributed by atoms with Gasteiger partial charge in [-0.2, -0.15) is 0 Å². The first-order valence-corrected chi connectivity index (χ1v) is 9.30. The zero-order valence-electron chi connectivity index (χ0n) is 14.9. The van der Waals surface area contributed by atoms with E-state index in [4.69, 9.17) is 4.74 Å². The Morgan fingerprint density at radius 2 is 1.88 bits per heavy atom. The molecule has 5 nitrogen and oxygen atoms in total. The van der Waals surface area contributed by atoms with Crippen LogP contribution in [0.3, 0.4) is 0 Å². The molecule has 0 saturated heterocycles. The molecule has 26 heavy (non-hydrogen) atoms. The van der Waals surface area contributed by atoms with Crippen molar-refractivity contribution in [1.82, 2.24) is 15.0 Å². The number of H-pyrrole nitrogens is 1. The van der Waals surface area contributed by atoms with Crippen molar-refractivity contribution in [2.45, 2.75) is 26.4 Å². The Morgan fingerprint density at radius 3 is 2.58 bits per heavy atom. The first-order valence-electron chi connectivity index (χ1n) is 8.42. The quantitative estimate of drug-likeness (QED) is 0.494. The Morgan fingerprint density at radius 1 is 1.08 bits per heavy atom. The van der Waals surface area contributed by atoms with E-state index < -0.39 is 0 Å². The minimum Gasteiger partial charge on any atom is -0.488 e. The van der Waals surface area contributed by atoms with Crippen LogP contribution in [0.25, 0.3) is 21.6 Å². The Kier molecular flexibility index (Phi) is 4.12. The third-order valence-corrected chi connectivity index (χ3v) is 4.52. The highest BCUT2D eigenvalue weighted by molar-refractivity contribution is 7.13. The molecule has 0 amide bonds. The molecule has 2 heterocycles. The lowest BCUT2D eigenvalue weighted by atomic mass is 10.2. The molecule has 2 aromatic heterocycles. The van der Waals surface area contributed by atoms with E-state index in [0.717, 1.165) is 33.0 Å². The van der Waals surface area contributed by atoms with Crippen LogP contribution < -0.4 is 10.1 Å². The summed E-state index contributed by atoms with van der Waals surface area (Å²) in [7, 11) is 0. The minimum absolute atomic E-state index is 0.206. The number of aromatic nitrogens is 3. The topological polar surface area (TPSA) is 62.8 Å². The maximum absolute atomic E-state index is 5.85. The van der Waals surface area contributed by atoms with Gasteiger partial charge in [0.1, 0.15) is 16.4 Å². The molecule has 0 fully saturated rings. The number of aromatic amines is 1. The lowest BCUT2D eigenvalue weighted by Gasteiger charge is -2.21. The second-order valence-electron chi connectivity index (χ2n) is 7.02. The smallest absolute Gasteiger partial charge is 0.205 e. The van der Waals surface area contributed by atoms with Crippen LogP contribution >= 0.6 is 11.3 Å². The monoisotopic (exact) mass is 364 g/mol. The lowest BCUT2D eigenvalue weighted by molar-refractivity contribution is 0.131. The van der Waals surface area contributed by atoms with Crippen molar-refractivity contribution in [2.24, 2.45) is 0 Å². The van der Waals surface area contributed by atoms with E-state index in [2.05, 4.69) is 26.3 Å². The highest BCUT2D eigenvalue weighted by Crippen LogP contribution is 2.27. The van der Waals surface area contributed by atoms with E-state index in [1.807, 2.05) is 68.7 Å². The summed E-state index contributed by atoms with van der Waals surface area (Å²) in [4.78, 5) is 12.3. The van der Waals surface area contributed by atoms with Crippen molar-refractivity contribution in [3.8, 4) is 16.3 Å². The summed E-state index contributed by atoms with van der Waals surface area (Å²) >= 11 is 1.63. The van der Waals surface area contributed by atoms with Crippen LogP contribution in [0.15, 0.2) is 54.0 Å². The van der Waals surface area contributed by atoms with E-state index in [0.29, 0.717) is 5.95 Å². The predicted octanol–water partition coefficient (Wildman–Crippen LogP) is 5.61. The molecule has 0 aliphatic carbocycles. The Hall–Kier alpha value is -2.86. The van der Waals surface area contributed by atoms with E-state index in [-0.39, 0.29) is 5.60 Å². The van der Waals surface area contributed by atoms with Gasteiger partial charge in [0.2, 0.25) is 5.95 Å². The number of benzene rings is 2. The molecule has 0 atom stereocenters. The molecule has 2 aromatic carbocycles. The maximum atomic E-state index is 5.85. The molecule has 0 bridgehead atoms.